The average molecular weight is 481 g/mol. The number of benzene rings is 2. The highest BCUT2D eigenvalue weighted by atomic mass is 79.9. The van der Waals surface area contributed by atoms with E-state index in [1.165, 1.54) is 0 Å². The lowest BCUT2D eigenvalue weighted by molar-refractivity contribution is -0.139. The number of nitrogens with zero attached hydrogens (tertiary/aromatic N) is 1. The molecule has 2 aliphatic heterocycles. The SMILES string of the molecule is CCOC(=O)C1=C(N)Oc2c(c(=O)n3c4c(cccc24)CCC3)C1c1ccccc1Br. The molecule has 3 aromatic rings. The van der Waals surface area contributed by atoms with Crippen LogP contribution in [-0.4, -0.2) is 17.1 Å². The number of para-hydroxylation sites is 1. The smallest absolute Gasteiger partial charge is 0.340 e. The Morgan fingerprint density at radius 1 is 1.26 bits per heavy atom. The van der Waals surface area contributed by atoms with Crippen molar-refractivity contribution in [1.82, 2.24) is 4.57 Å². The molecular formula is C24H21BrN2O4. The highest BCUT2D eigenvalue weighted by Crippen LogP contribution is 2.46. The molecule has 0 saturated carbocycles. The third-order valence-electron chi connectivity index (χ3n) is 5.95. The molecule has 2 aromatic carbocycles. The Morgan fingerprint density at radius 3 is 2.84 bits per heavy atom. The summed E-state index contributed by atoms with van der Waals surface area (Å²) < 4.78 is 13.9. The number of hydrogen-bond acceptors (Lipinski definition) is 5. The monoisotopic (exact) mass is 480 g/mol. The molecule has 5 rings (SSSR count). The fourth-order valence-corrected chi connectivity index (χ4v) is 5.20. The number of esters is 1. The summed E-state index contributed by atoms with van der Waals surface area (Å²) in [5.41, 5.74) is 9.46. The van der Waals surface area contributed by atoms with Crippen LogP contribution in [-0.2, 0) is 22.5 Å². The molecule has 158 valence electrons. The molecule has 2 aliphatic rings. The van der Waals surface area contributed by atoms with Crippen LogP contribution in [0.1, 0.15) is 36.0 Å². The number of hydrogen-bond donors (Lipinski definition) is 1. The third kappa shape index (κ3) is 2.98. The number of nitrogens with two attached hydrogens (primary N) is 1. The van der Waals surface area contributed by atoms with Crippen LogP contribution >= 0.6 is 15.9 Å². The highest BCUT2D eigenvalue weighted by molar-refractivity contribution is 9.10. The Labute approximate surface area is 187 Å². The van der Waals surface area contributed by atoms with E-state index in [2.05, 4.69) is 15.9 Å². The molecule has 0 fully saturated rings. The summed E-state index contributed by atoms with van der Waals surface area (Å²) in [5.74, 6) is -0.901. The van der Waals surface area contributed by atoms with E-state index in [0.29, 0.717) is 17.9 Å². The summed E-state index contributed by atoms with van der Waals surface area (Å²) in [6, 6.07) is 13.5. The Kier molecular flexibility index (Phi) is 4.85. The Hall–Kier alpha value is -3.06. The molecule has 0 spiro atoms. The number of rotatable bonds is 3. The van der Waals surface area contributed by atoms with Crippen LogP contribution in [0.25, 0.3) is 10.9 Å². The molecule has 1 aromatic heterocycles. The lowest BCUT2D eigenvalue weighted by Crippen LogP contribution is -2.36. The maximum atomic E-state index is 13.8. The first-order valence-corrected chi connectivity index (χ1v) is 11.1. The third-order valence-corrected chi connectivity index (χ3v) is 6.67. The van der Waals surface area contributed by atoms with Crippen LogP contribution < -0.4 is 16.0 Å². The summed E-state index contributed by atoms with van der Waals surface area (Å²) >= 11 is 3.59. The minimum absolute atomic E-state index is 0.0346. The quantitative estimate of drug-likeness (QED) is 0.573. The second-order valence-corrected chi connectivity index (χ2v) is 8.53. The van der Waals surface area contributed by atoms with Crippen LogP contribution in [0.5, 0.6) is 5.75 Å². The van der Waals surface area contributed by atoms with Gasteiger partial charge in [0.1, 0.15) is 11.3 Å². The van der Waals surface area contributed by atoms with Crippen molar-refractivity contribution >= 4 is 32.8 Å². The number of carbonyl (C=O) groups is 1. The number of aromatic nitrogens is 1. The Balaban J connectivity index is 1.89. The second-order valence-electron chi connectivity index (χ2n) is 7.67. The summed E-state index contributed by atoms with van der Waals surface area (Å²) in [6.07, 6.45) is 1.79. The summed E-state index contributed by atoms with van der Waals surface area (Å²) in [6.45, 7) is 2.54. The highest BCUT2D eigenvalue weighted by Gasteiger charge is 2.40. The van der Waals surface area contributed by atoms with Crippen molar-refractivity contribution in [2.45, 2.75) is 32.2 Å². The van der Waals surface area contributed by atoms with Crippen LogP contribution in [0.15, 0.2) is 63.2 Å². The predicted molar refractivity (Wildman–Crippen MR) is 121 cm³/mol. The Bertz CT molecular complexity index is 1330. The fourth-order valence-electron chi connectivity index (χ4n) is 4.69. The molecule has 2 N–H and O–H groups in total. The zero-order valence-corrected chi connectivity index (χ0v) is 18.6. The molecule has 0 bridgehead atoms. The van der Waals surface area contributed by atoms with E-state index in [4.69, 9.17) is 15.2 Å². The van der Waals surface area contributed by atoms with E-state index in [1.807, 2.05) is 47.0 Å². The molecule has 0 aliphatic carbocycles. The lowest BCUT2D eigenvalue weighted by atomic mass is 9.82. The summed E-state index contributed by atoms with van der Waals surface area (Å²) in [7, 11) is 0. The van der Waals surface area contributed by atoms with Gasteiger partial charge in [-0.2, -0.15) is 0 Å². The Morgan fingerprint density at radius 2 is 2.06 bits per heavy atom. The number of halogens is 1. The van der Waals surface area contributed by atoms with Crippen LogP contribution in [0.3, 0.4) is 0 Å². The normalized spacial score (nSPS) is 17.3. The molecule has 3 heterocycles. The number of fused-ring (bicyclic) bond motifs is 2. The van der Waals surface area contributed by atoms with Crippen LogP contribution in [0.4, 0.5) is 0 Å². The predicted octanol–water partition coefficient (Wildman–Crippen LogP) is 3.97. The summed E-state index contributed by atoms with van der Waals surface area (Å²) in [4.78, 5) is 26.8. The number of ether oxygens (including phenoxy) is 2. The van der Waals surface area contributed by atoms with E-state index < -0.39 is 11.9 Å². The van der Waals surface area contributed by atoms with Gasteiger partial charge in [0.25, 0.3) is 5.56 Å². The van der Waals surface area contributed by atoms with Gasteiger partial charge in [0.05, 0.1) is 23.6 Å². The van der Waals surface area contributed by atoms with Crippen molar-refractivity contribution in [2.75, 3.05) is 6.61 Å². The van der Waals surface area contributed by atoms with Crippen LogP contribution in [0.2, 0.25) is 0 Å². The van der Waals surface area contributed by atoms with E-state index in [-0.39, 0.29) is 23.6 Å². The van der Waals surface area contributed by atoms with Gasteiger partial charge in [0.2, 0.25) is 5.88 Å². The fraction of sp³-hybridized carbons (Fsp3) is 0.250. The van der Waals surface area contributed by atoms with Gasteiger partial charge in [-0.15, -0.1) is 0 Å². The van der Waals surface area contributed by atoms with Gasteiger partial charge in [0, 0.05) is 16.4 Å². The molecule has 31 heavy (non-hydrogen) atoms. The maximum absolute atomic E-state index is 13.8. The van der Waals surface area contributed by atoms with Gasteiger partial charge in [0.15, 0.2) is 0 Å². The van der Waals surface area contributed by atoms with E-state index in [0.717, 1.165) is 39.3 Å². The van der Waals surface area contributed by atoms with Gasteiger partial charge >= 0.3 is 5.97 Å². The van der Waals surface area contributed by atoms with Gasteiger partial charge in [-0.05, 0) is 43.0 Å². The van der Waals surface area contributed by atoms with Crippen molar-refractivity contribution < 1.29 is 14.3 Å². The van der Waals surface area contributed by atoms with E-state index in [9.17, 15) is 9.59 Å². The van der Waals surface area contributed by atoms with E-state index in [1.54, 1.807) is 6.92 Å². The first-order chi connectivity index (χ1) is 15.0. The van der Waals surface area contributed by atoms with Crippen molar-refractivity contribution in [3.63, 3.8) is 0 Å². The number of pyridine rings is 1. The van der Waals surface area contributed by atoms with Crippen molar-refractivity contribution in [2.24, 2.45) is 5.73 Å². The lowest BCUT2D eigenvalue weighted by Gasteiger charge is -2.31. The minimum Gasteiger partial charge on any atom is -0.462 e. The molecule has 1 atom stereocenters. The minimum atomic E-state index is -0.704. The average Bonchev–Trinajstić information content (AvgIpc) is 2.77. The van der Waals surface area contributed by atoms with Crippen molar-refractivity contribution in [3.8, 4) is 5.75 Å². The zero-order chi connectivity index (χ0) is 21.7. The standard InChI is InChI=1S/C24H21BrN2O4/c1-2-30-24(29)19-17(14-9-3-4-11-16(14)25)18-21(31-22(19)26)15-10-5-7-13-8-6-12-27(20(13)15)23(18)28/h3-5,7,9-11,17H,2,6,8,12,26H2,1H3. The first kappa shape index (κ1) is 19.9. The summed E-state index contributed by atoms with van der Waals surface area (Å²) in [5, 5.41) is 0.828. The molecular weight excluding hydrogens is 460 g/mol. The van der Waals surface area contributed by atoms with Crippen LogP contribution in [0, 0.1) is 0 Å². The number of aryl methyl sites for hydroxylation is 2. The molecule has 0 saturated heterocycles. The molecule has 0 radical (unpaired) electrons. The van der Waals surface area contributed by atoms with Gasteiger partial charge in [-0.1, -0.05) is 46.3 Å². The first-order valence-electron chi connectivity index (χ1n) is 10.3. The second kappa shape index (κ2) is 7.57. The van der Waals surface area contributed by atoms with Crippen molar-refractivity contribution in [3.05, 3.63) is 85.4 Å². The maximum Gasteiger partial charge on any atom is 0.340 e. The van der Waals surface area contributed by atoms with Gasteiger partial charge in [-0.3, -0.25) is 4.79 Å². The van der Waals surface area contributed by atoms with Gasteiger partial charge in [-0.25, -0.2) is 4.79 Å². The number of carbonyl (C=O) groups excluding carboxylic acids is 1. The van der Waals surface area contributed by atoms with E-state index >= 15 is 0 Å². The molecule has 7 heteroatoms. The van der Waals surface area contributed by atoms with Crippen molar-refractivity contribution in [1.29, 1.82) is 0 Å². The topological polar surface area (TPSA) is 83.6 Å². The zero-order valence-electron chi connectivity index (χ0n) is 17.0. The largest absolute Gasteiger partial charge is 0.462 e. The molecule has 0 amide bonds. The molecule has 1 unspecified atom stereocenters. The van der Waals surface area contributed by atoms with Gasteiger partial charge < -0.3 is 19.8 Å². The molecule has 6 nitrogen and oxygen atoms in total.